The Balaban J connectivity index is 2.75. The number of Topliss-reactive ketones (excluding diaryl/α,β-unsaturated/α-hetero) is 1. The molecule has 0 N–H and O–H groups in total. The zero-order valence-corrected chi connectivity index (χ0v) is 9.08. The Kier molecular flexibility index (Phi) is 3.81. The van der Waals surface area contributed by atoms with Gasteiger partial charge in [0.25, 0.3) is 0 Å². The molecule has 0 amide bonds. The van der Waals surface area contributed by atoms with Gasteiger partial charge in [0.15, 0.2) is 5.78 Å². The molecule has 0 aliphatic heterocycles. The van der Waals surface area contributed by atoms with Crippen LogP contribution in [0.15, 0.2) is 18.3 Å². The summed E-state index contributed by atoms with van der Waals surface area (Å²) in [4.78, 5) is 15.9. The molecule has 0 aromatic carbocycles. The number of nitrogens with zero attached hydrogens (tertiary/aromatic N) is 1. The summed E-state index contributed by atoms with van der Waals surface area (Å²) >= 11 is 0. The van der Waals surface area contributed by atoms with Crippen LogP contribution in [0.5, 0.6) is 0 Å². The lowest BCUT2D eigenvalue weighted by molar-refractivity contribution is 0.0958. The van der Waals surface area contributed by atoms with Gasteiger partial charge in [-0.25, -0.2) is 0 Å². The second kappa shape index (κ2) is 4.89. The molecule has 1 rings (SSSR count). The van der Waals surface area contributed by atoms with E-state index in [0.717, 1.165) is 12.0 Å². The highest BCUT2D eigenvalue weighted by Gasteiger charge is 2.12. The van der Waals surface area contributed by atoms with Crippen LogP contribution in [0.25, 0.3) is 0 Å². The summed E-state index contributed by atoms with van der Waals surface area (Å²) in [7, 11) is 0. The third-order valence-corrected chi connectivity index (χ3v) is 2.50. The van der Waals surface area contributed by atoms with Gasteiger partial charge in [0, 0.05) is 12.6 Å². The maximum absolute atomic E-state index is 11.8. The monoisotopic (exact) mass is 191 g/mol. The number of pyridine rings is 1. The molecule has 0 saturated carbocycles. The number of rotatable bonds is 4. The highest BCUT2D eigenvalue weighted by Crippen LogP contribution is 2.13. The first-order chi connectivity index (χ1) is 6.65. The highest BCUT2D eigenvalue weighted by molar-refractivity contribution is 5.95. The summed E-state index contributed by atoms with van der Waals surface area (Å²) in [6, 6.07) is 3.78. The van der Waals surface area contributed by atoms with Crippen molar-refractivity contribution in [3.05, 3.63) is 29.6 Å². The van der Waals surface area contributed by atoms with Crippen LogP contribution in [0.2, 0.25) is 0 Å². The molecule has 1 atom stereocenters. The van der Waals surface area contributed by atoms with E-state index in [1.807, 2.05) is 19.1 Å². The minimum absolute atomic E-state index is 0.164. The van der Waals surface area contributed by atoms with Gasteiger partial charge in [-0.3, -0.25) is 9.78 Å². The van der Waals surface area contributed by atoms with Crippen molar-refractivity contribution in [2.24, 2.45) is 5.92 Å². The largest absolute Gasteiger partial charge is 0.292 e. The molecule has 0 saturated heterocycles. The Morgan fingerprint density at radius 3 is 2.86 bits per heavy atom. The molecule has 1 aromatic heterocycles. The molecule has 1 unspecified atom stereocenters. The molecule has 0 aliphatic rings. The van der Waals surface area contributed by atoms with E-state index in [1.165, 1.54) is 0 Å². The summed E-state index contributed by atoms with van der Waals surface area (Å²) < 4.78 is 0. The van der Waals surface area contributed by atoms with Gasteiger partial charge < -0.3 is 0 Å². The van der Waals surface area contributed by atoms with Crippen LogP contribution < -0.4 is 0 Å². The molecule has 1 aromatic rings. The molecule has 2 nitrogen and oxygen atoms in total. The summed E-state index contributed by atoms with van der Waals surface area (Å²) in [5.74, 6) is 0.612. The SMILES string of the molecule is CCC(C)CC(=O)c1ncccc1C. The van der Waals surface area contributed by atoms with Gasteiger partial charge in [-0.05, 0) is 24.5 Å². The van der Waals surface area contributed by atoms with Crippen LogP contribution in [0.4, 0.5) is 0 Å². The van der Waals surface area contributed by atoms with E-state index >= 15 is 0 Å². The van der Waals surface area contributed by atoms with Crippen molar-refractivity contribution in [3.63, 3.8) is 0 Å². The average molecular weight is 191 g/mol. The van der Waals surface area contributed by atoms with E-state index in [0.29, 0.717) is 18.0 Å². The van der Waals surface area contributed by atoms with Gasteiger partial charge >= 0.3 is 0 Å². The number of ketones is 1. The molecule has 0 aliphatic carbocycles. The lowest BCUT2D eigenvalue weighted by atomic mass is 9.99. The van der Waals surface area contributed by atoms with Crippen LogP contribution in [0.1, 0.15) is 42.7 Å². The number of hydrogen-bond donors (Lipinski definition) is 0. The quantitative estimate of drug-likeness (QED) is 0.685. The van der Waals surface area contributed by atoms with Crippen molar-refractivity contribution in [2.45, 2.75) is 33.6 Å². The number of hydrogen-bond acceptors (Lipinski definition) is 2. The van der Waals surface area contributed by atoms with Crippen LogP contribution in [-0.4, -0.2) is 10.8 Å². The number of aromatic nitrogens is 1. The topological polar surface area (TPSA) is 30.0 Å². The Bertz CT molecular complexity index is 320. The van der Waals surface area contributed by atoms with Crippen LogP contribution in [-0.2, 0) is 0 Å². The normalized spacial score (nSPS) is 12.5. The van der Waals surface area contributed by atoms with E-state index in [1.54, 1.807) is 6.20 Å². The van der Waals surface area contributed by atoms with Crippen molar-refractivity contribution in [2.75, 3.05) is 0 Å². The number of carbonyl (C=O) groups excluding carboxylic acids is 1. The van der Waals surface area contributed by atoms with Crippen molar-refractivity contribution in [1.29, 1.82) is 0 Å². The van der Waals surface area contributed by atoms with E-state index in [4.69, 9.17) is 0 Å². The molecular weight excluding hydrogens is 174 g/mol. The molecular formula is C12H17NO. The molecule has 0 radical (unpaired) electrons. The van der Waals surface area contributed by atoms with Gasteiger partial charge in [0.1, 0.15) is 5.69 Å². The average Bonchev–Trinajstić information content (AvgIpc) is 2.18. The zero-order valence-electron chi connectivity index (χ0n) is 9.08. The molecule has 0 bridgehead atoms. The number of aryl methyl sites for hydroxylation is 1. The van der Waals surface area contributed by atoms with E-state index in [2.05, 4.69) is 18.8 Å². The first-order valence-corrected chi connectivity index (χ1v) is 5.10. The summed E-state index contributed by atoms with van der Waals surface area (Å²) in [6.07, 6.45) is 3.32. The zero-order chi connectivity index (χ0) is 10.6. The van der Waals surface area contributed by atoms with Crippen LogP contribution >= 0.6 is 0 Å². The van der Waals surface area contributed by atoms with Crippen molar-refractivity contribution >= 4 is 5.78 Å². The van der Waals surface area contributed by atoms with E-state index in [-0.39, 0.29) is 5.78 Å². The molecule has 14 heavy (non-hydrogen) atoms. The Hall–Kier alpha value is -1.18. The van der Waals surface area contributed by atoms with Crippen molar-refractivity contribution in [1.82, 2.24) is 4.98 Å². The summed E-state index contributed by atoms with van der Waals surface area (Å²) in [6.45, 7) is 6.12. The van der Waals surface area contributed by atoms with Gasteiger partial charge in [-0.2, -0.15) is 0 Å². The summed E-state index contributed by atoms with van der Waals surface area (Å²) in [5.41, 5.74) is 1.61. The minimum atomic E-state index is 0.164. The van der Waals surface area contributed by atoms with Crippen molar-refractivity contribution < 1.29 is 4.79 Å². The molecule has 1 heterocycles. The Morgan fingerprint density at radius 2 is 2.29 bits per heavy atom. The fourth-order valence-corrected chi connectivity index (χ4v) is 1.34. The second-order valence-corrected chi connectivity index (χ2v) is 3.81. The van der Waals surface area contributed by atoms with Gasteiger partial charge in [0.05, 0.1) is 0 Å². The van der Waals surface area contributed by atoms with Gasteiger partial charge in [0.2, 0.25) is 0 Å². The fourth-order valence-electron chi connectivity index (χ4n) is 1.34. The van der Waals surface area contributed by atoms with Crippen LogP contribution in [0, 0.1) is 12.8 Å². The predicted molar refractivity (Wildman–Crippen MR) is 57.4 cm³/mol. The van der Waals surface area contributed by atoms with Crippen molar-refractivity contribution in [3.8, 4) is 0 Å². The maximum atomic E-state index is 11.8. The smallest absolute Gasteiger partial charge is 0.181 e. The minimum Gasteiger partial charge on any atom is -0.292 e. The lowest BCUT2D eigenvalue weighted by Gasteiger charge is -2.07. The summed E-state index contributed by atoms with van der Waals surface area (Å²) in [5, 5.41) is 0. The first kappa shape index (κ1) is 10.9. The maximum Gasteiger partial charge on any atom is 0.181 e. The number of carbonyl (C=O) groups is 1. The van der Waals surface area contributed by atoms with Gasteiger partial charge in [-0.15, -0.1) is 0 Å². The van der Waals surface area contributed by atoms with Gasteiger partial charge in [-0.1, -0.05) is 26.3 Å². The van der Waals surface area contributed by atoms with E-state index in [9.17, 15) is 4.79 Å². The standard InChI is InChI=1S/C12H17NO/c1-4-9(2)8-11(14)12-10(3)6-5-7-13-12/h5-7,9H,4,8H2,1-3H3. The van der Waals surface area contributed by atoms with E-state index < -0.39 is 0 Å². The lowest BCUT2D eigenvalue weighted by Crippen LogP contribution is -2.08. The molecule has 0 spiro atoms. The second-order valence-electron chi connectivity index (χ2n) is 3.81. The molecule has 76 valence electrons. The highest BCUT2D eigenvalue weighted by atomic mass is 16.1. The predicted octanol–water partition coefficient (Wildman–Crippen LogP) is 3.01. The molecule has 2 heteroatoms. The third-order valence-electron chi connectivity index (χ3n) is 2.50. The Morgan fingerprint density at radius 1 is 1.57 bits per heavy atom. The molecule has 0 fully saturated rings. The third kappa shape index (κ3) is 2.66. The Labute approximate surface area is 85.4 Å². The van der Waals surface area contributed by atoms with Crippen LogP contribution in [0.3, 0.4) is 0 Å². The fraction of sp³-hybridized carbons (Fsp3) is 0.500. The first-order valence-electron chi connectivity index (χ1n) is 5.10.